The number of rotatable bonds is 4. The lowest BCUT2D eigenvalue weighted by atomic mass is 10.1. The van der Waals surface area contributed by atoms with E-state index in [1.807, 2.05) is 29.2 Å². The molecule has 0 saturated carbocycles. The zero-order valence-corrected chi connectivity index (χ0v) is 17.1. The normalized spacial score (nSPS) is 14.1. The third-order valence-corrected chi connectivity index (χ3v) is 5.39. The third kappa shape index (κ3) is 4.37. The van der Waals surface area contributed by atoms with Gasteiger partial charge in [0.05, 0.1) is 5.69 Å². The Kier molecular flexibility index (Phi) is 5.44. The maximum Gasteiger partial charge on any atom is 0.267 e. The van der Waals surface area contributed by atoms with E-state index in [2.05, 4.69) is 30.8 Å². The predicted molar refractivity (Wildman–Crippen MR) is 115 cm³/mol. The second-order valence-electron chi connectivity index (χ2n) is 6.76. The van der Waals surface area contributed by atoms with Gasteiger partial charge in [0.25, 0.3) is 5.91 Å². The fourth-order valence-electron chi connectivity index (χ4n) is 3.29. The van der Waals surface area contributed by atoms with Gasteiger partial charge in [-0.05, 0) is 42.5 Å². The van der Waals surface area contributed by atoms with E-state index in [-0.39, 0.29) is 11.5 Å². The Morgan fingerprint density at radius 1 is 0.931 bits per heavy atom. The number of primary amides is 1. The molecule has 1 aliphatic heterocycles. The molecule has 0 atom stereocenters. The SMILES string of the molecule is NC(=O)c1cc(-c2ccc(Br)cc2)nc(N2CCN(c3ccc(F)cc3)CC2)n1. The van der Waals surface area contributed by atoms with E-state index in [9.17, 15) is 9.18 Å². The summed E-state index contributed by atoms with van der Waals surface area (Å²) < 4.78 is 14.1. The van der Waals surface area contributed by atoms with Crippen molar-refractivity contribution in [1.29, 1.82) is 0 Å². The van der Waals surface area contributed by atoms with E-state index >= 15 is 0 Å². The van der Waals surface area contributed by atoms with Gasteiger partial charge < -0.3 is 15.5 Å². The quantitative estimate of drug-likeness (QED) is 0.651. The molecule has 1 aromatic heterocycles. The van der Waals surface area contributed by atoms with Crippen molar-refractivity contribution in [1.82, 2.24) is 9.97 Å². The molecule has 8 heteroatoms. The van der Waals surface area contributed by atoms with Crippen molar-refractivity contribution in [3.63, 3.8) is 0 Å². The van der Waals surface area contributed by atoms with Crippen molar-refractivity contribution in [2.75, 3.05) is 36.0 Å². The van der Waals surface area contributed by atoms with E-state index < -0.39 is 5.91 Å². The van der Waals surface area contributed by atoms with Crippen molar-refractivity contribution < 1.29 is 9.18 Å². The number of amides is 1. The maximum absolute atomic E-state index is 13.2. The molecule has 2 N–H and O–H groups in total. The first-order valence-corrected chi connectivity index (χ1v) is 9.99. The number of carbonyl (C=O) groups excluding carboxylic acids is 1. The molecule has 0 aliphatic carbocycles. The summed E-state index contributed by atoms with van der Waals surface area (Å²) in [5.74, 6) is -0.348. The summed E-state index contributed by atoms with van der Waals surface area (Å²) in [5, 5.41) is 0. The van der Waals surface area contributed by atoms with Crippen LogP contribution in [0.3, 0.4) is 0 Å². The highest BCUT2D eigenvalue weighted by molar-refractivity contribution is 9.10. The molecular formula is C21H19BrFN5O. The first kappa shape index (κ1) is 19.3. The standard InChI is InChI=1S/C21H19BrFN5O/c22-15-3-1-14(2-4-15)18-13-19(20(24)29)26-21(25-18)28-11-9-27(10-12-28)17-7-5-16(23)6-8-17/h1-8,13H,9-12H2,(H2,24,29). The molecule has 1 fully saturated rings. The minimum absolute atomic E-state index is 0.189. The van der Waals surface area contributed by atoms with Crippen molar-refractivity contribution >= 4 is 33.5 Å². The van der Waals surface area contributed by atoms with E-state index in [1.165, 1.54) is 12.1 Å². The Balaban J connectivity index is 1.57. The molecule has 148 valence electrons. The van der Waals surface area contributed by atoms with Crippen LogP contribution in [-0.2, 0) is 0 Å². The number of anilines is 2. The van der Waals surface area contributed by atoms with Crippen LogP contribution >= 0.6 is 15.9 Å². The average Bonchev–Trinajstić information content (AvgIpc) is 2.74. The fourth-order valence-corrected chi connectivity index (χ4v) is 3.55. The summed E-state index contributed by atoms with van der Waals surface area (Å²) >= 11 is 3.42. The van der Waals surface area contributed by atoms with Gasteiger partial charge in [-0.15, -0.1) is 0 Å². The number of nitrogens with two attached hydrogens (primary N) is 1. The molecule has 1 amide bonds. The van der Waals surface area contributed by atoms with Gasteiger partial charge in [-0.2, -0.15) is 0 Å². The number of benzene rings is 2. The molecule has 0 radical (unpaired) electrons. The third-order valence-electron chi connectivity index (χ3n) is 4.86. The molecule has 0 spiro atoms. The molecule has 2 aromatic carbocycles. The highest BCUT2D eigenvalue weighted by Crippen LogP contribution is 2.24. The highest BCUT2D eigenvalue weighted by atomic mass is 79.9. The van der Waals surface area contributed by atoms with E-state index in [4.69, 9.17) is 5.73 Å². The van der Waals surface area contributed by atoms with Crippen LogP contribution in [0.15, 0.2) is 59.1 Å². The Bertz CT molecular complexity index is 1020. The molecule has 3 aromatic rings. The molecule has 1 aliphatic rings. The number of aromatic nitrogens is 2. The molecule has 0 bridgehead atoms. The van der Waals surface area contributed by atoms with Crippen molar-refractivity contribution in [2.24, 2.45) is 5.73 Å². The molecule has 1 saturated heterocycles. The summed E-state index contributed by atoms with van der Waals surface area (Å²) in [6.07, 6.45) is 0. The zero-order chi connectivity index (χ0) is 20.4. The monoisotopic (exact) mass is 455 g/mol. The Morgan fingerprint density at radius 2 is 1.55 bits per heavy atom. The summed E-state index contributed by atoms with van der Waals surface area (Å²) in [5.41, 5.74) is 8.20. The van der Waals surface area contributed by atoms with Gasteiger partial charge in [0.1, 0.15) is 11.5 Å². The van der Waals surface area contributed by atoms with Crippen LogP contribution in [0.5, 0.6) is 0 Å². The van der Waals surface area contributed by atoms with Crippen LogP contribution < -0.4 is 15.5 Å². The fraction of sp³-hybridized carbons (Fsp3) is 0.190. The first-order chi connectivity index (χ1) is 14.0. The lowest BCUT2D eigenvalue weighted by Gasteiger charge is -2.36. The summed E-state index contributed by atoms with van der Waals surface area (Å²) in [7, 11) is 0. The van der Waals surface area contributed by atoms with Gasteiger partial charge in [0, 0.05) is 41.9 Å². The smallest absolute Gasteiger partial charge is 0.267 e. The topological polar surface area (TPSA) is 75.4 Å². The van der Waals surface area contributed by atoms with E-state index in [0.29, 0.717) is 24.7 Å². The zero-order valence-electron chi connectivity index (χ0n) is 15.6. The van der Waals surface area contributed by atoms with Crippen molar-refractivity contribution in [3.05, 3.63) is 70.6 Å². The highest BCUT2D eigenvalue weighted by Gasteiger charge is 2.21. The first-order valence-electron chi connectivity index (χ1n) is 9.20. The van der Waals surface area contributed by atoms with Gasteiger partial charge in [-0.3, -0.25) is 4.79 Å². The van der Waals surface area contributed by atoms with Crippen molar-refractivity contribution in [3.8, 4) is 11.3 Å². The Hall–Kier alpha value is -3.00. The van der Waals surface area contributed by atoms with Gasteiger partial charge in [-0.1, -0.05) is 28.1 Å². The molecular weight excluding hydrogens is 437 g/mol. The number of hydrogen-bond donors (Lipinski definition) is 1. The van der Waals surface area contributed by atoms with Crippen LogP contribution in [0.2, 0.25) is 0 Å². The van der Waals surface area contributed by atoms with Crippen LogP contribution in [0.1, 0.15) is 10.5 Å². The second-order valence-corrected chi connectivity index (χ2v) is 7.68. The number of hydrogen-bond acceptors (Lipinski definition) is 5. The van der Waals surface area contributed by atoms with Crippen LogP contribution in [0, 0.1) is 5.82 Å². The molecule has 4 rings (SSSR count). The summed E-state index contributed by atoms with van der Waals surface area (Å²) in [6, 6.07) is 15.8. The number of piperazine rings is 1. The number of nitrogens with zero attached hydrogens (tertiary/aromatic N) is 4. The van der Waals surface area contributed by atoms with Gasteiger partial charge in [0.2, 0.25) is 5.95 Å². The molecule has 6 nitrogen and oxygen atoms in total. The predicted octanol–water partition coefficient (Wildman–Crippen LogP) is 3.47. The largest absolute Gasteiger partial charge is 0.368 e. The minimum atomic E-state index is -0.586. The minimum Gasteiger partial charge on any atom is -0.368 e. The maximum atomic E-state index is 13.2. The second kappa shape index (κ2) is 8.16. The average molecular weight is 456 g/mol. The molecule has 0 unspecified atom stereocenters. The Morgan fingerprint density at radius 3 is 2.17 bits per heavy atom. The van der Waals surface area contributed by atoms with Gasteiger partial charge in [0.15, 0.2) is 0 Å². The molecule has 2 heterocycles. The van der Waals surface area contributed by atoms with E-state index in [0.717, 1.165) is 28.8 Å². The number of halogens is 2. The van der Waals surface area contributed by atoms with Crippen molar-refractivity contribution in [2.45, 2.75) is 0 Å². The molecule has 29 heavy (non-hydrogen) atoms. The lowest BCUT2D eigenvalue weighted by molar-refractivity contribution is 0.0995. The van der Waals surface area contributed by atoms with Gasteiger partial charge >= 0.3 is 0 Å². The Labute approximate surface area is 176 Å². The van der Waals surface area contributed by atoms with Crippen LogP contribution in [0.25, 0.3) is 11.3 Å². The van der Waals surface area contributed by atoms with Crippen LogP contribution in [0.4, 0.5) is 16.0 Å². The number of carbonyl (C=O) groups is 1. The summed E-state index contributed by atoms with van der Waals surface area (Å²) in [4.78, 5) is 25.1. The lowest BCUT2D eigenvalue weighted by Crippen LogP contribution is -2.47. The van der Waals surface area contributed by atoms with E-state index in [1.54, 1.807) is 18.2 Å². The van der Waals surface area contributed by atoms with Gasteiger partial charge in [-0.25, -0.2) is 14.4 Å². The summed E-state index contributed by atoms with van der Waals surface area (Å²) in [6.45, 7) is 2.84. The van der Waals surface area contributed by atoms with Crippen LogP contribution in [-0.4, -0.2) is 42.1 Å².